The zero-order valence-electron chi connectivity index (χ0n) is 18.4. The minimum absolute atomic E-state index is 0.361. The van der Waals surface area contributed by atoms with Gasteiger partial charge in [-0.2, -0.15) is 0 Å². The molecule has 0 saturated heterocycles. The lowest BCUT2D eigenvalue weighted by molar-refractivity contribution is 0.598. The quantitative estimate of drug-likeness (QED) is 0.224. The molecule has 5 aromatic carbocycles. The van der Waals surface area contributed by atoms with Gasteiger partial charge in [0.05, 0.1) is 20.8 Å². The Hall–Kier alpha value is -3.67. The second-order valence-electron chi connectivity index (χ2n) is 8.75. The molecular formula is C30H18BrNO2S. The molecule has 0 fully saturated rings. The van der Waals surface area contributed by atoms with Crippen LogP contribution in [0.15, 0.2) is 123 Å². The molecule has 0 N–H and O–H groups in total. The van der Waals surface area contributed by atoms with Gasteiger partial charge in [0.2, 0.25) is 9.84 Å². The maximum absolute atomic E-state index is 13.3. The van der Waals surface area contributed by atoms with Gasteiger partial charge in [-0.15, -0.1) is 0 Å². The summed E-state index contributed by atoms with van der Waals surface area (Å²) < 4.78 is 29.7. The number of rotatable bonds is 2. The minimum atomic E-state index is -3.56. The van der Waals surface area contributed by atoms with E-state index in [1.54, 1.807) is 12.1 Å². The lowest BCUT2D eigenvalue weighted by Gasteiger charge is -2.09. The van der Waals surface area contributed by atoms with Crippen LogP contribution in [0.3, 0.4) is 0 Å². The van der Waals surface area contributed by atoms with E-state index in [-0.39, 0.29) is 0 Å². The van der Waals surface area contributed by atoms with E-state index in [1.807, 2.05) is 42.5 Å². The Morgan fingerprint density at radius 1 is 0.600 bits per heavy atom. The molecule has 0 unspecified atom stereocenters. The molecule has 2 heterocycles. The zero-order valence-corrected chi connectivity index (χ0v) is 20.8. The highest BCUT2D eigenvalue weighted by atomic mass is 79.9. The van der Waals surface area contributed by atoms with E-state index in [0.717, 1.165) is 48.8 Å². The van der Waals surface area contributed by atoms with E-state index in [1.165, 1.54) is 5.39 Å². The monoisotopic (exact) mass is 535 g/mol. The topological polar surface area (TPSA) is 39.1 Å². The molecule has 1 aliphatic rings. The molecule has 1 aliphatic heterocycles. The lowest BCUT2D eigenvalue weighted by atomic mass is 9.99. The maximum Gasteiger partial charge on any atom is 0.207 e. The molecule has 7 rings (SSSR count). The first-order valence-electron chi connectivity index (χ1n) is 11.3. The standard InChI is InChI=1S/C30H18BrNO2S/c31-25-10-6-12-28-30(25)23-15-13-20(18-29(23)35(28,33)34)19-14-16-27-24(17-19)22-9-4-5-11-26(22)32(27)21-7-2-1-3-8-21/h1-18H. The highest BCUT2D eigenvalue weighted by Gasteiger charge is 2.34. The van der Waals surface area contributed by atoms with Crippen LogP contribution in [0.4, 0.5) is 0 Å². The first kappa shape index (κ1) is 20.7. The molecule has 1 aromatic heterocycles. The number of benzene rings is 5. The first-order chi connectivity index (χ1) is 17.0. The summed E-state index contributed by atoms with van der Waals surface area (Å²) >= 11 is 3.54. The van der Waals surface area contributed by atoms with Gasteiger partial charge >= 0.3 is 0 Å². The first-order valence-corrected chi connectivity index (χ1v) is 13.6. The van der Waals surface area contributed by atoms with Crippen LogP contribution >= 0.6 is 15.9 Å². The Bertz CT molecular complexity index is 1920. The molecule has 168 valence electrons. The molecule has 6 aromatic rings. The van der Waals surface area contributed by atoms with Gasteiger partial charge in [-0.25, -0.2) is 8.42 Å². The number of halogens is 1. The van der Waals surface area contributed by atoms with E-state index >= 15 is 0 Å². The van der Waals surface area contributed by atoms with Crippen molar-refractivity contribution in [3.63, 3.8) is 0 Å². The SMILES string of the molecule is O=S1(=O)c2cc(-c3ccc4c(c3)c3ccccc3n4-c3ccccc3)ccc2-c2c(Br)cccc21. The lowest BCUT2D eigenvalue weighted by Crippen LogP contribution is -1.96. The van der Waals surface area contributed by atoms with Crippen molar-refractivity contribution in [2.75, 3.05) is 0 Å². The largest absolute Gasteiger partial charge is 0.309 e. The van der Waals surface area contributed by atoms with Gasteiger partial charge in [0.1, 0.15) is 0 Å². The van der Waals surface area contributed by atoms with E-state index in [9.17, 15) is 8.42 Å². The number of nitrogens with zero attached hydrogens (tertiary/aromatic N) is 1. The number of hydrogen-bond donors (Lipinski definition) is 0. The zero-order chi connectivity index (χ0) is 23.7. The fraction of sp³-hybridized carbons (Fsp3) is 0. The van der Waals surface area contributed by atoms with Gasteiger partial charge in [0.25, 0.3) is 0 Å². The summed E-state index contributed by atoms with van der Waals surface area (Å²) in [6.07, 6.45) is 0. The third-order valence-corrected chi connectivity index (χ3v) is 9.32. The molecule has 0 saturated carbocycles. The predicted octanol–water partition coefficient (Wildman–Crippen LogP) is 8.03. The molecule has 0 amide bonds. The molecule has 0 radical (unpaired) electrons. The summed E-state index contributed by atoms with van der Waals surface area (Å²) in [5, 5.41) is 2.30. The fourth-order valence-corrected chi connectivity index (χ4v) is 7.68. The van der Waals surface area contributed by atoms with Crippen molar-refractivity contribution in [2.45, 2.75) is 9.79 Å². The van der Waals surface area contributed by atoms with Crippen LogP contribution in [-0.2, 0) is 9.84 Å². The second kappa shape index (κ2) is 7.41. The van der Waals surface area contributed by atoms with Crippen LogP contribution in [-0.4, -0.2) is 13.0 Å². The highest BCUT2D eigenvalue weighted by Crippen LogP contribution is 2.48. The Labute approximate surface area is 211 Å². The Morgan fingerprint density at radius 3 is 2.17 bits per heavy atom. The van der Waals surface area contributed by atoms with Crippen molar-refractivity contribution in [1.29, 1.82) is 0 Å². The molecular weight excluding hydrogens is 518 g/mol. The molecule has 0 atom stereocenters. The van der Waals surface area contributed by atoms with E-state index < -0.39 is 9.84 Å². The Kier molecular flexibility index (Phi) is 4.38. The highest BCUT2D eigenvalue weighted by molar-refractivity contribution is 9.10. The summed E-state index contributed by atoms with van der Waals surface area (Å²) in [6.45, 7) is 0. The predicted molar refractivity (Wildman–Crippen MR) is 145 cm³/mol. The molecule has 0 spiro atoms. The molecule has 3 nitrogen and oxygen atoms in total. The number of hydrogen-bond acceptors (Lipinski definition) is 2. The molecule has 5 heteroatoms. The fourth-order valence-electron chi connectivity index (χ4n) is 5.25. The van der Waals surface area contributed by atoms with Crippen molar-refractivity contribution < 1.29 is 8.42 Å². The van der Waals surface area contributed by atoms with Crippen molar-refractivity contribution in [1.82, 2.24) is 4.57 Å². The van der Waals surface area contributed by atoms with Crippen LogP contribution in [0.5, 0.6) is 0 Å². The summed E-state index contributed by atoms with van der Waals surface area (Å²) in [4.78, 5) is 0.726. The van der Waals surface area contributed by atoms with Crippen molar-refractivity contribution in [3.8, 4) is 27.9 Å². The van der Waals surface area contributed by atoms with E-state index in [0.29, 0.717) is 9.79 Å². The van der Waals surface area contributed by atoms with Gasteiger partial charge in [0.15, 0.2) is 0 Å². The normalized spacial score (nSPS) is 13.7. The van der Waals surface area contributed by atoms with Crippen LogP contribution in [0.25, 0.3) is 49.7 Å². The molecule has 35 heavy (non-hydrogen) atoms. The summed E-state index contributed by atoms with van der Waals surface area (Å²) in [7, 11) is -3.56. The number of sulfone groups is 1. The van der Waals surface area contributed by atoms with Gasteiger partial charge in [0, 0.05) is 32.1 Å². The summed E-state index contributed by atoms with van der Waals surface area (Å²) in [5.74, 6) is 0. The van der Waals surface area contributed by atoms with Crippen molar-refractivity contribution in [2.24, 2.45) is 0 Å². The number of fused-ring (bicyclic) bond motifs is 6. The minimum Gasteiger partial charge on any atom is -0.309 e. The summed E-state index contributed by atoms with van der Waals surface area (Å²) in [6, 6.07) is 36.2. The number of aromatic nitrogens is 1. The number of para-hydroxylation sites is 2. The average molecular weight is 536 g/mol. The van der Waals surface area contributed by atoms with Crippen LogP contribution in [0.2, 0.25) is 0 Å². The van der Waals surface area contributed by atoms with Crippen molar-refractivity contribution >= 4 is 47.6 Å². The van der Waals surface area contributed by atoms with Crippen LogP contribution in [0.1, 0.15) is 0 Å². The second-order valence-corrected chi connectivity index (χ2v) is 11.5. The third-order valence-electron chi connectivity index (χ3n) is 6.83. The summed E-state index contributed by atoms with van der Waals surface area (Å²) in [5.41, 5.74) is 6.73. The van der Waals surface area contributed by atoms with Crippen LogP contribution < -0.4 is 0 Å². The van der Waals surface area contributed by atoms with E-state index in [4.69, 9.17) is 0 Å². The van der Waals surface area contributed by atoms with Crippen LogP contribution in [0, 0.1) is 0 Å². The smallest absolute Gasteiger partial charge is 0.207 e. The molecule has 0 aliphatic carbocycles. The Morgan fingerprint density at radius 2 is 1.31 bits per heavy atom. The van der Waals surface area contributed by atoms with E-state index in [2.05, 4.69) is 75.1 Å². The van der Waals surface area contributed by atoms with Crippen molar-refractivity contribution in [3.05, 3.63) is 114 Å². The third kappa shape index (κ3) is 2.92. The van der Waals surface area contributed by atoms with Gasteiger partial charge in [-0.1, -0.05) is 76.6 Å². The molecule has 0 bridgehead atoms. The van der Waals surface area contributed by atoms with Gasteiger partial charge in [-0.3, -0.25) is 0 Å². The maximum atomic E-state index is 13.3. The Balaban J connectivity index is 1.45. The van der Waals surface area contributed by atoms with Gasteiger partial charge < -0.3 is 4.57 Å². The van der Waals surface area contributed by atoms with Gasteiger partial charge in [-0.05, 0) is 59.7 Å². The average Bonchev–Trinajstić information content (AvgIpc) is 3.34.